The third kappa shape index (κ3) is 5.73. The number of aromatic hydroxyl groups is 1. The van der Waals surface area contributed by atoms with Gasteiger partial charge in [-0.2, -0.15) is 0 Å². The first kappa shape index (κ1) is 23.5. The molecule has 0 bridgehead atoms. The fraction of sp³-hybridized carbons (Fsp3) is 0.333. The molecule has 0 spiro atoms. The highest BCUT2D eigenvalue weighted by Crippen LogP contribution is 2.39. The van der Waals surface area contributed by atoms with Crippen molar-refractivity contribution >= 4 is 40.0 Å². The summed E-state index contributed by atoms with van der Waals surface area (Å²) in [6.07, 6.45) is 1.44. The molecular formula is C24H27ClN4O3. The molecule has 8 heteroatoms. The zero-order chi connectivity index (χ0) is 23.1. The Labute approximate surface area is 192 Å². The number of hydrogen-bond donors (Lipinski definition) is 2. The van der Waals surface area contributed by atoms with Gasteiger partial charge in [0, 0.05) is 24.9 Å². The minimum atomic E-state index is -0.421. The van der Waals surface area contributed by atoms with Crippen LogP contribution in [-0.2, 0) is 11.3 Å². The smallest absolute Gasteiger partial charge is 0.264 e. The number of aryl methyl sites for hydroxylation is 1. The maximum absolute atomic E-state index is 12.2. The summed E-state index contributed by atoms with van der Waals surface area (Å²) in [5, 5.41) is 22.4. The normalized spacial score (nSPS) is 11.5. The Balaban J connectivity index is 1.59. The third-order valence-corrected chi connectivity index (χ3v) is 5.41. The number of carbonyl (C=O) groups is 2. The van der Waals surface area contributed by atoms with Crippen LogP contribution in [0.25, 0.3) is 10.9 Å². The summed E-state index contributed by atoms with van der Waals surface area (Å²) < 4.78 is 1.80. The zero-order valence-corrected chi connectivity index (χ0v) is 19.0. The first-order valence-electron chi connectivity index (χ1n) is 10.7. The van der Waals surface area contributed by atoms with Crippen LogP contribution in [0.4, 0.5) is 5.69 Å². The van der Waals surface area contributed by atoms with Crippen molar-refractivity contribution in [2.75, 3.05) is 6.54 Å². The van der Waals surface area contributed by atoms with Gasteiger partial charge in [-0.3, -0.25) is 9.59 Å². The third-order valence-electron chi connectivity index (χ3n) is 5.08. The first-order valence-corrected chi connectivity index (χ1v) is 11.0. The number of nitrogens with zero attached hydrogens (tertiary/aromatic N) is 3. The van der Waals surface area contributed by atoms with Gasteiger partial charge in [0.25, 0.3) is 11.8 Å². The van der Waals surface area contributed by atoms with Crippen molar-refractivity contribution in [2.45, 2.75) is 39.7 Å². The number of aromatic nitrogens is 1. The molecule has 0 atom stereocenters. The second-order valence-corrected chi connectivity index (χ2v) is 8.36. The Bertz CT molecular complexity index is 1140. The van der Waals surface area contributed by atoms with Crippen LogP contribution in [0.15, 0.2) is 58.8 Å². The molecule has 168 valence electrons. The number of rotatable bonds is 9. The lowest BCUT2D eigenvalue weighted by molar-refractivity contribution is -0.118. The van der Waals surface area contributed by atoms with Crippen LogP contribution in [0.2, 0.25) is 5.02 Å². The molecule has 0 fully saturated rings. The predicted octanol–water partition coefficient (Wildman–Crippen LogP) is 5.87. The van der Waals surface area contributed by atoms with E-state index < -0.39 is 5.91 Å². The summed E-state index contributed by atoms with van der Waals surface area (Å²) in [7, 11) is 0. The monoisotopic (exact) mass is 454 g/mol. The Morgan fingerprint density at radius 1 is 1.12 bits per heavy atom. The largest absolute Gasteiger partial charge is 0.493 e. The van der Waals surface area contributed by atoms with Gasteiger partial charge in [-0.1, -0.05) is 55.8 Å². The molecule has 0 aliphatic rings. The summed E-state index contributed by atoms with van der Waals surface area (Å²) in [4.78, 5) is 24.3. The summed E-state index contributed by atoms with van der Waals surface area (Å²) in [5.41, 5.74) is 1.54. The number of azo groups is 1. The number of carbonyl (C=O) groups excluding carboxylic acids is 2. The van der Waals surface area contributed by atoms with Crippen LogP contribution < -0.4 is 5.32 Å². The fourth-order valence-corrected chi connectivity index (χ4v) is 3.54. The van der Waals surface area contributed by atoms with Crippen molar-refractivity contribution in [3.05, 3.63) is 59.1 Å². The van der Waals surface area contributed by atoms with E-state index in [9.17, 15) is 14.7 Å². The minimum absolute atomic E-state index is 0.00963. The molecule has 32 heavy (non-hydrogen) atoms. The van der Waals surface area contributed by atoms with Gasteiger partial charge in [-0.25, -0.2) is 0 Å². The van der Waals surface area contributed by atoms with E-state index in [1.54, 1.807) is 28.8 Å². The van der Waals surface area contributed by atoms with E-state index in [-0.39, 0.29) is 18.2 Å². The lowest BCUT2D eigenvalue weighted by Gasteiger charge is -2.08. The van der Waals surface area contributed by atoms with Gasteiger partial charge in [0.1, 0.15) is 0 Å². The molecule has 0 radical (unpaired) electrons. The van der Waals surface area contributed by atoms with Crippen LogP contribution in [0.5, 0.6) is 5.88 Å². The first-order chi connectivity index (χ1) is 15.4. The highest BCUT2D eigenvalue weighted by molar-refractivity contribution is 6.33. The van der Waals surface area contributed by atoms with E-state index in [1.807, 2.05) is 24.3 Å². The maximum Gasteiger partial charge on any atom is 0.264 e. The van der Waals surface area contributed by atoms with E-state index in [0.717, 1.165) is 17.3 Å². The second-order valence-electron chi connectivity index (χ2n) is 7.96. The molecule has 0 saturated heterocycles. The number of para-hydroxylation sites is 1. The van der Waals surface area contributed by atoms with Crippen molar-refractivity contribution in [3.8, 4) is 5.88 Å². The van der Waals surface area contributed by atoms with Crippen molar-refractivity contribution < 1.29 is 14.7 Å². The Hall–Kier alpha value is -3.19. The Kier molecular flexibility index (Phi) is 8.00. The molecule has 0 unspecified atom stereocenters. The van der Waals surface area contributed by atoms with Gasteiger partial charge in [0.2, 0.25) is 5.88 Å². The molecule has 1 heterocycles. The van der Waals surface area contributed by atoms with Crippen LogP contribution >= 0.6 is 11.6 Å². The van der Waals surface area contributed by atoms with Crippen LogP contribution in [-0.4, -0.2) is 28.0 Å². The minimum Gasteiger partial charge on any atom is -0.493 e. The highest BCUT2D eigenvalue weighted by atomic mass is 35.5. The molecule has 1 aromatic heterocycles. The summed E-state index contributed by atoms with van der Waals surface area (Å²) in [6, 6.07) is 14.3. The van der Waals surface area contributed by atoms with E-state index in [1.165, 1.54) is 0 Å². The van der Waals surface area contributed by atoms with Crippen molar-refractivity contribution in [3.63, 3.8) is 0 Å². The van der Waals surface area contributed by atoms with Gasteiger partial charge in [0.15, 0.2) is 5.69 Å². The van der Waals surface area contributed by atoms with Crippen molar-refractivity contribution in [1.82, 2.24) is 9.88 Å². The van der Waals surface area contributed by atoms with Crippen molar-refractivity contribution in [2.24, 2.45) is 16.1 Å². The molecule has 2 amide bonds. The molecule has 7 nitrogen and oxygen atoms in total. The highest BCUT2D eigenvalue weighted by Gasteiger charge is 2.17. The van der Waals surface area contributed by atoms with Gasteiger partial charge >= 0.3 is 0 Å². The lowest BCUT2D eigenvalue weighted by Crippen LogP contribution is -2.25. The molecule has 2 N–H and O–H groups in total. The number of halogens is 1. The average Bonchev–Trinajstić information content (AvgIpc) is 3.04. The van der Waals surface area contributed by atoms with E-state index in [0.29, 0.717) is 41.7 Å². The standard InChI is InChI=1S/C24H27ClN4O3/c1-16(2)13-15-29-20-11-6-4-9-18(20)22(24(29)32)28-27-21(30)12-7-14-26-23(31)17-8-3-5-10-19(17)25/h3-6,8-11,16,32H,7,12-15H2,1-2H3,(H,26,31). The van der Waals surface area contributed by atoms with E-state index >= 15 is 0 Å². The van der Waals surface area contributed by atoms with Gasteiger partial charge < -0.3 is 15.0 Å². The van der Waals surface area contributed by atoms with Crippen molar-refractivity contribution in [1.29, 1.82) is 0 Å². The number of benzene rings is 2. The number of amides is 2. The van der Waals surface area contributed by atoms with E-state index in [4.69, 9.17) is 11.6 Å². The van der Waals surface area contributed by atoms with Crippen LogP contribution in [0.3, 0.4) is 0 Å². The molecule has 0 aliphatic heterocycles. The molecule has 3 aromatic rings. The molecule has 0 aliphatic carbocycles. The molecule has 3 rings (SSSR count). The molecule has 0 saturated carbocycles. The Morgan fingerprint density at radius 2 is 1.84 bits per heavy atom. The second kappa shape index (κ2) is 10.9. The lowest BCUT2D eigenvalue weighted by atomic mass is 10.1. The maximum atomic E-state index is 12.2. The summed E-state index contributed by atoms with van der Waals surface area (Å²) >= 11 is 6.01. The van der Waals surface area contributed by atoms with E-state index in [2.05, 4.69) is 29.4 Å². The van der Waals surface area contributed by atoms with Crippen LogP contribution in [0, 0.1) is 5.92 Å². The molecule has 2 aromatic carbocycles. The number of hydrogen-bond acceptors (Lipinski definition) is 4. The van der Waals surface area contributed by atoms with Gasteiger partial charge in [-0.15, -0.1) is 10.2 Å². The average molecular weight is 455 g/mol. The predicted molar refractivity (Wildman–Crippen MR) is 126 cm³/mol. The van der Waals surface area contributed by atoms with Gasteiger partial charge in [0.05, 0.1) is 16.1 Å². The molecular weight excluding hydrogens is 428 g/mol. The Morgan fingerprint density at radius 3 is 2.59 bits per heavy atom. The topological polar surface area (TPSA) is 96.0 Å². The zero-order valence-electron chi connectivity index (χ0n) is 18.2. The number of fused-ring (bicyclic) bond motifs is 1. The van der Waals surface area contributed by atoms with Gasteiger partial charge in [-0.05, 0) is 37.0 Å². The summed E-state index contributed by atoms with van der Waals surface area (Å²) in [6.45, 7) is 5.21. The fourth-order valence-electron chi connectivity index (χ4n) is 3.32. The number of nitrogens with one attached hydrogen (secondary N) is 1. The van der Waals surface area contributed by atoms with Crippen LogP contribution in [0.1, 0.15) is 43.5 Å². The quantitative estimate of drug-likeness (QED) is 0.312. The SMILES string of the molecule is CC(C)CCn1c(O)c(N=NC(=O)CCCNC(=O)c2ccccc2Cl)c2ccccc21. The summed E-state index contributed by atoms with van der Waals surface area (Å²) in [5.74, 6) is -0.213.